The topological polar surface area (TPSA) is 84.5 Å². The minimum atomic E-state index is -4.68. The number of halogens is 3. The molecular formula is C13H18F3N5O2. The summed E-state index contributed by atoms with van der Waals surface area (Å²) in [6.07, 6.45) is -3.05. The lowest BCUT2D eigenvalue weighted by Crippen LogP contribution is -2.38. The fourth-order valence-electron chi connectivity index (χ4n) is 2.58. The van der Waals surface area contributed by atoms with Crippen LogP contribution in [0.5, 0.6) is 0 Å². The summed E-state index contributed by atoms with van der Waals surface area (Å²) in [5.41, 5.74) is 3.50. The van der Waals surface area contributed by atoms with Gasteiger partial charge in [-0.3, -0.25) is 19.2 Å². The molecule has 1 saturated heterocycles. The van der Waals surface area contributed by atoms with Crippen molar-refractivity contribution in [3.05, 3.63) is 17.5 Å². The third-order valence-corrected chi connectivity index (χ3v) is 3.58. The van der Waals surface area contributed by atoms with Gasteiger partial charge in [-0.15, -0.1) is 0 Å². The van der Waals surface area contributed by atoms with E-state index in [1.165, 1.54) is 11.9 Å². The van der Waals surface area contributed by atoms with Crippen LogP contribution in [-0.4, -0.2) is 64.1 Å². The summed E-state index contributed by atoms with van der Waals surface area (Å²) < 4.78 is 39.9. The molecule has 1 aliphatic heterocycles. The first-order chi connectivity index (χ1) is 10.7. The molecule has 0 aromatic carbocycles. The van der Waals surface area contributed by atoms with E-state index in [9.17, 15) is 22.8 Å². The standard InChI is InChI=1S/C13H18F3N5O2/c1-19-7-9(11(18-19)13(14,15)16)12(23)21-4-2-3-20(5-6-21)8-10(17)22/h7H,2-6,8H2,1H3,(H2,17,22). The Balaban J connectivity index is 2.14. The number of carbonyl (C=O) groups is 2. The summed E-state index contributed by atoms with van der Waals surface area (Å²) in [6, 6.07) is 0. The number of nitrogens with zero attached hydrogens (tertiary/aromatic N) is 4. The Bertz CT molecular complexity index is 599. The summed E-state index contributed by atoms with van der Waals surface area (Å²) >= 11 is 0. The van der Waals surface area contributed by atoms with Crippen LogP contribution < -0.4 is 5.73 Å². The maximum absolute atomic E-state index is 13.0. The molecule has 0 aliphatic carbocycles. The Morgan fingerprint density at radius 3 is 2.57 bits per heavy atom. The van der Waals surface area contributed by atoms with E-state index in [0.29, 0.717) is 26.1 Å². The fourth-order valence-corrected chi connectivity index (χ4v) is 2.58. The number of primary amides is 1. The van der Waals surface area contributed by atoms with Crippen molar-refractivity contribution in [2.45, 2.75) is 12.6 Å². The predicted molar refractivity (Wildman–Crippen MR) is 74.4 cm³/mol. The van der Waals surface area contributed by atoms with Crippen LogP contribution in [0.2, 0.25) is 0 Å². The molecule has 0 spiro atoms. The monoisotopic (exact) mass is 333 g/mol. The lowest BCUT2D eigenvalue weighted by atomic mass is 10.2. The molecule has 2 rings (SSSR count). The molecule has 10 heteroatoms. The normalized spacial score (nSPS) is 17.1. The molecule has 2 N–H and O–H groups in total. The molecule has 7 nitrogen and oxygen atoms in total. The highest BCUT2D eigenvalue weighted by molar-refractivity contribution is 5.95. The second-order valence-electron chi connectivity index (χ2n) is 5.45. The van der Waals surface area contributed by atoms with E-state index in [1.54, 1.807) is 4.90 Å². The van der Waals surface area contributed by atoms with E-state index in [1.807, 2.05) is 0 Å². The number of hydrogen-bond acceptors (Lipinski definition) is 4. The molecule has 1 aliphatic rings. The molecular weight excluding hydrogens is 315 g/mol. The van der Waals surface area contributed by atoms with Gasteiger partial charge in [0.2, 0.25) is 5.91 Å². The molecule has 128 valence electrons. The Hall–Kier alpha value is -2.10. The summed E-state index contributed by atoms with van der Waals surface area (Å²) in [5.74, 6) is -1.18. The molecule has 0 bridgehead atoms. The first-order valence-corrected chi connectivity index (χ1v) is 7.09. The summed E-state index contributed by atoms with van der Waals surface area (Å²) in [6.45, 7) is 1.57. The van der Waals surface area contributed by atoms with Crippen LogP contribution in [0.15, 0.2) is 6.20 Å². The Morgan fingerprint density at radius 1 is 1.26 bits per heavy atom. The van der Waals surface area contributed by atoms with Crippen LogP contribution in [0.25, 0.3) is 0 Å². The van der Waals surface area contributed by atoms with Crippen LogP contribution >= 0.6 is 0 Å². The number of amides is 2. The SMILES string of the molecule is Cn1cc(C(=O)N2CCCN(CC(N)=O)CC2)c(C(F)(F)F)n1. The Kier molecular flexibility index (Phi) is 4.93. The third kappa shape index (κ3) is 4.21. The fraction of sp³-hybridized carbons (Fsp3) is 0.615. The van der Waals surface area contributed by atoms with E-state index in [0.717, 1.165) is 10.9 Å². The van der Waals surface area contributed by atoms with Crippen molar-refractivity contribution in [1.29, 1.82) is 0 Å². The highest BCUT2D eigenvalue weighted by Crippen LogP contribution is 2.31. The largest absolute Gasteiger partial charge is 0.435 e. The zero-order valence-electron chi connectivity index (χ0n) is 12.6. The van der Waals surface area contributed by atoms with Gasteiger partial charge in [-0.25, -0.2) is 0 Å². The van der Waals surface area contributed by atoms with Crippen molar-refractivity contribution in [2.75, 3.05) is 32.7 Å². The van der Waals surface area contributed by atoms with Gasteiger partial charge in [-0.1, -0.05) is 0 Å². The first-order valence-electron chi connectivity index (χ1n) is 7.09. The van der Waals surface area contributed by atoms with Crippen molar-refractivity contribution >= 4 is 11.8 Å². The maximum atomic E-state index is 13.0. The zero-order valence-corrected chi connectivity index (χ0v) is 12.6. The van der Waals surface area contributed by atoms with Gasteiger partial charge in [0.1, 0.15) is 0 Å². The van der Waals surface area contributed by atoms with Crippen LogP contribution in [0.4, 0.5) is 13.2 Å². The van der Waals surface area contributed by atoms with Gasteiger partial charge in [-0.2, -0.15) is 18.3 Å². The molecule has 0 unspecified atom stereocenters. The lowest BCUT2D eigenvalue weighted by molar-refractivity contribution is -0.141. The minimum absolute atomic E-state index is 0.0721. The van der Waals surface area contributed by atoms with Crippen molar-refractivity contribution < 1.29 is 22.8 Å². The molecule has 0 radical (unpaired) electrons. The highest BCUT2D eigenvalue weighted by Gasteiger charge is 2.40. The minimum Gasteiger partial charge on any atom is -0.369 e. The van der Waals surface area contributed by atoms with Crippen LogP contribution in [-0.2, 0) is 18.0 Å². The molecule has 0 saturated carbocycles. The van der Waals surface area contributed by atoms with Crippen LogP contribution in [0.1, 0.15) is 22.5 Å². The van der Waals surface area contributed by atoms with E-state index in [4.69, 9.17) is 5.73 Å². The van der Waals surface area contributed by atoms with Crippen LogP contribution in [0.3, 0.4) is 0 Å². The van der Waals surface area contributed by atoms with Gasteiger partial charge in [0.15, 0.2) is 5.69 Å². The van der Waals surface area contributed by atoms with Gasteiger partial charge in [0.25, 0.3) is 5.91 Å². The quantitative estimate of drug-likeness (QED) is 0.848. The van der Waals surface area contributed by atoms with Crippen molar-refractivity contribution in [2.24, 2.45) is 12.8 Å². The summed E-state index contributed by atoms with van der Waals surface area (Å²) in [4.78, 5) is 26.5. The van der Waals surface area contributed by atoms with E-state index < -0.39 is 29.2 Å². The van der Waals surface area contributed by atoms with E-state index >= 15 is 0 Å². The van der Waals surface area contributed by atoms with Gasteiger partial charge in [-0.05, 0) is 6.42 Å². The van der Waals surface area contributed by atoms with Crippen LogP contribution in [0, 0.1) is 0 Å². The molecule has 2 heterocycles. The first kappa shape index (κ1) is 17.3. The number of alkyl halides is 3. The van der Waals surface area contributed by atoms with Crippen molar-refractivity contribution in [3.63, 3.8) is 0 Å². The van der Waals surface area contributed by atoms with Gasteiger partial charge >= 0.3 is 6.18 Å². The number of aryl methyl sites for hydroxylation is 1. The van der Waals surface area contributed by atoms with Gasteiger partial charge < -0.3 is 10.6 Å². The Labute approximate surface area is 130 Å². The summed E-state index contributed by atoms with van der Waals surface area (Å²) in [7, 11) is 1.34. The zero-order chi connectivity index (χ0) is 17.2. The number of hydrogen-bond donors (Lipinski definition) is 1. The third-order valence-electron chi connectivity index (χ3n) is 3.58. The van der Waals surface area contributed by atoms with Crippen molar-refractivity contribution in [1.82, 2.24) is 19.6 Å². The lowest BCUT2D eigenvalue weighted by Gasteiger charge is -2.21. The molecule has 1 fully saturated rings. The number of rotatable bonds is 3. The average molecular weight is 333 g/mol. The van der Waals surface area contributed by atoms with Crippen molar-refractivity contribution in [3.8, 4) is 0 Å². The smallest absolute Gasteiger partial charge is 0.369 e. The highest BCUT2D eigenvalue weighted by atomic mass is 19.4. The molecule has 23 heavy (non-hydrogen) atoms. The number of nitrogens with two attached hydrogens (primary N) is 1. The Morgan fingerprint density at radius 2 is 1.96 bits per heavy atom. The predicted octanol–water partition coefficient (Wildman–Crippen LogP) is 0.0721. The second-order valence-corrected chi connectivity index (χ2v) is 5.45. The van der Waals surface area contributed by atoms with Gasteiger partial charge in [0.05, 0.1) is 12.1 Å². The van der Waals surface area contributed by atoms with Gasteiger partial charge in [0, 0.05) is 39.4 Å². The average Bonchev–Trinajstić information content (AvgIpc) is 2.68. The number of carbonyl (C=O) groups excluding carboxylic acids is 2. The maximum Gasteiger partial charge on any atom is 0.435 e. The second kappa shape index (κ2) is 6.57. The summed E-state index contributed by atoms with van der Waals surface area (Å²) in [5, 5.41) is 3.35. The number of aromatic nitrogens is 2. The molecule has 2 amide bonds. The van der Waals surface area contributed by atoms with E-state index in [2.05, 4.69) is 5.10 Å². The molecule has 1 aromatic heterocycles. The molecule has 1 aromatic rings. The molecule has 0 atom stereocenters. The van der Waals surface area contributed by atoms with E-state index in [-0.39, 0.29) is 13.1 Å².